The summed E-state index contributed by atoms with van der Waals surface area (Å²) in [6, 6.07) is 5.81. The molecule has 5 rings (SSSR count). The number of amides is 1. The number of nitrogens with one attached hydrogen (secondary N) is 1. The second kappa shape index (κ2) is 6.44. The highest BCUT2D eigenvalue weighted by atomic mass is 16.2. The van der Waals surface area contributed by atoms with Gasteiger partial charge in [-0.2, -0.15) is 0 Å². The fourth-order valence-electron chi connectivity index (χ4n) is 5.07. The second-order valence-electron chi connectivity index (χ2n) is 7.94. The van der Waals surface area contributed by atoms with Gasteiger partial charge in [0.25, 0.3) is 5.91 Å². The van der Waals surface area contributed by atoms with Gasteiger partial charge in [0, 0.05) is 44.4 Å². The number of benzene rings is 1. The Morgan fingerprint density at radius 1 is 1.21 bits per heavy atom. The first kappa shape index (κ1) is 17.4. The third-order valence-electron chi connectivity index (χ3n) is 6.63. The van der Waals surface area contributed by atoms with Crippen LogP contribution in [0.15, 0.2) is 30.9 Å². The number of piperidine rings is 1. The van der Waals surface area contributed by atoms with Crippen molar-refractivity contribution >= 4 is 16.9 Å². The molecule has 28 heavy (non-hydrogen) atoms. The number of hydrogen-bond donors (Lipinski definition) is 1. The van der Waals surface area contributed by atoms with Crippen molar-refractivity contribution in [2.24, 2.45) is 7.05 Å². The smallest absolute Gasteiger partial charge is 0.253 e. The number of likely N-dealkylation sites (N-methyl/N-ethyl adjacent to an activating group) is 1. The molecule has 0 unspecified atom stereocenters. The molecule has 1 fully saturated rings. The number of carbonyl (C=O) groups is 1. The molecule has 7 heteroatoms. The molecule has 4 heterocycles. The maximum absolute atomic E-state index is 13.1. The molecular formula is C21H26N6O. The van der Waals surface area contributed by atoms with Gasteiger partial charge in [0.1, 0.15) is 0 Å². The predicted octanol–water partition coefficient (Wildman–Crippen LogP) is 2.31. The number of rotatable bonds is 2. The van der Waals surface area contributed by atoms with Gasteiger partial charge in [0.05, 0.1) is 34.9 Å². The molecule has 1 spiro atoms. The Kier molecular flexibility index (Phi) is 4.01. The SMILES string of the molecule is CCN1CCc2[nH]cnc2C12CCN(C(=O)c1ccc3c(c1)ncn3C)CC2. The summed E-state index contributed by atoms with van der Waals surface area (Å²) in [5, 5.41) is 0. The number of hydrogen-bond acceptors (Lipinski definition) is 4. The summed E-state index contributed by atoms with van der Waals surface area (Å²) >= 11 is 0. The maximum Gasteiger partial charge on any atom is 0.253 e. The Hall–Kier alpha value is -2.67. The predicted molar refractivity (Wildman–Crippen MR) is 107 cm³/mol. The van der Waals surface area contributed by atoms with Crippen LogP contribution in [0, 0.1) is 0 Å². The van der Waals surface area contributed by atoms with Gasteiger partial charge in [-0.3, -0.25) is 9.69 Å². The maximum atomic E-state index is 13.1. The van der Waals surface area contributed by atoms with E-state index in [2.05, 4.69) is 26.8 Å². The van der Waals surface area contributed by atoms with Crippen LogP contribution in [0.4, 0.5) is 0 Å². The van der Waals surface area contributed by atoms with Crippen LogP contribution in [0.1, 0.15) is 41.5 Å². The molecule has 2 aliphatic heterocycles. The third-order valence-corrected chi connectivity index (χ3v) is 6.63. The summed E-state index contributed by atoms with van der Waals surface area (Å²) in [7, 11) is 1.97. The van der Waals surface area contributed by atoms with Crippen LogP contribution >= 0.6 is 0 Å². The summed E-state index contributed by atoms with van der Waals surface area (Å²) in [4.78, 5) is 30.1. The van der Waals surface area contributed by atoms with Crippen molar-refractivity contribution in [3.8, 4) is 0 Å². The van der Waals surface area contributed by atoms with E-state index in [9.17, 15) is 4.79 Å². The van der Waals surface area contributed by atoms with Crippen LogP contribution in [-0.2, 0) is 19.0 Å². The first-order chi connectivity index (χ1) is 13.6. The van der Waals surface area contributed by atoms with E-state index in [0.717, 1.165) is 62.0 Å². The van der Waals surface area contributed by atoms with Gasteiger partial charge in [-0.15, -0.1) is 0 Å². The first-order valence-electron chi connectivity index (χ1n) is 10.1. The zero-order chi connectivity index (χ0) is 19.3. The minimum absolute atomic E-state index is 0.0376. The number of nitrogens with zero attached hydrogens (tertiary/aromatic N) is 5. The summed E-state index contributed by atoms with van der Waals surface area (Å²) in [6.45, 7) is 5.79. The number of likely N-dealkylation sites (tertiary alicyclic amines) is 1. The zero-order valence-corrected chi connectivity index (χ0v) is 16.5. The van der Waals surface area contributed by atoms with Crippen molar-refractivity contribution in [1.82, 2.24) is 29.3 Å². The van der Waals surface area contributed by atoms with Gasteiger partial charge >= 0.3 is 0 Å². The number of aromatic amines is 1. The summed E-state index contributed by atoms with van der Waals surface area (Å²) in [6.07, 6.45) is 6.49. The number of aryl methyl sites for hydroxylation is 1. The van der Waals surface area contributed by atoms with Crippen LogP contribution in [0.5, 0.6) is 0 Å². The highest BCUT2D eigenvalue weighted by Crippen LogP contribution is 2.42. The minimum Gasteiger partial charge on any atom is -0.348 e. The Labute approximate surface area is 164 Å². The molecule has 1 N–H and O–H groups in total. The Bertz CT molecular complexity index is 1030. The Morgan fingerprint density at radius 2 is 2.04 bits per heavy atom. The van der Waals surface area contributed by atoms with Gasteiger partial charge in [0.2, 0.25) is 0 Å². The molecule has 3 aromatic rings. The van der Waals surface area contributed by atoms with E-state index in [0.29, 0.717) is 0 Å². The largest absolute Gasteiger partial charge is 0.348 e. The number of aromatic nitrogens is 4. The lowest BCUT2D eigenvalue weighted by Crippen LogP contribution is -2.57. The quantitative estimate of drug-likeness (QED) is 0.743. The fourth-order valence-corrected chi connectivity index (χ4v) is 5.07. The van der Waals surface area contributed by atoms with Crippen LogP contribution in [0.3, 0.4) is 0 Å². The average molecular weight is 378 g/mol. The van der Waals surface area contributed by atoms with E-state index in [1.165, 1.54) is 11.4 Å². The molecule has 7 nitrogen and oxygen atoms in total. The van der Waals surface area contributed by atoms with E-state index < -0.39 is 0 Å². The Morgan fingerprint density at radius 3 is 2.82 bits per heavy atom. The molecule has 0 aliphatic carbocycles. The van der Waals surface area contributed by atoms with Gasteiger partial charge in [-0.1, -0.05) is 6.92 Å². The lowest BCUT2D eigenvalue weighted by Gasteiger charge is -2.50. The van der Waals surface area contributed by atoms with Crippen LogP contribution < -0.4 is 0 Å². The lowest BCUT2D eigenvalue weighted by molar-refractivity contribution is 0.0103. The standard InChI is InChI=1S/C21H26N6O/c1-3-27-9-6-16-19(23-13-22-16)21(27)7-10-26(11-8-21)20(28)15-4-5-18-17(12-15)24-14-25(18)2/h4-5,12-14H,3,6-11H2,1-2H3,(H,22,23). The number of imidazole rings is 2. The summed E-state index contributed by atoms with van der Waals surface area (Å²) in [5.74, 6) is 0.100. The molecule has 146 valence electrons. The van der Waals surface area contributed by atoms with Crippen LogP contribution in [0.2, 0.25) is 0 Å². The fraction of sp³-hybridized carbons (Fsp3) is 0.476. The van der Waals surface area contributed by atoms with E-state index in [4.69, 9.17) is 0 Å². The molecule has 2 aliphatic rings. The molecule has 0 radical (unpaired) electrons. The first-order valence-corrected chi connectivity index (χ1v) is 10.1. The molecule has 1 aromatic carbocycles. The van der Waals surface area contributed by atoms with Crippen LogP contribution in [0.25, 0.3) is 11.0 Å². The number of fused-ring (bicyclic) bond motifs is 3. The molecule has 0 saturated carbocycles. The monoisotopic (exact) mass is 378 g/mol. The Balaban J connectivity index is 1.38. The van der Waals surface area contributed by atoms with Crippen molar-refractivity contribution in [2.75, 3.05) is 26.2 Å². The minimum atomic E-state index is -0.0376. The van der Waals surface area contributed by atoms with Gasteiger partial charge in [-0.25, -0.2) is 9.97 Å². The zero-order valence-electron chi connectivity index (χ0n) is 16.5. The highest BCUT2D eigenvalue weighted by molar-refractivity contribution is 5.97. The average Bonchev–Trinajstić information content (AvgIpc) is 3.36. The molecule has 1 amide bonds. The molecule has 2 aromatic heterocycles. The van der Waals surface area contributed by atoms with Crippen LogP contribution in [-0.4, -0.2) is 61.4 Å². The van der Waals surface area contributed by atoms with Gasteiger partial charge in [0.15, 0.2) is 0 Å². The topological polar surface area (TPSA) is 70.1 Å². The van der Waals surface area contributed by atoms with E-state index in [1.807, 2.05) is 41.0 Å². The van der Waals surface area contributed by atoms with Crippen molar-refractivity contribution in [1.29, 1.82) is 0 Å². The number of carbonyl (C=O) groups excluding carboxylic acids is 1. The van der Waals surface area contributed by atoms with E-state index in [-0.39, 0.29) is 11.4 Å². The second-order valence-corrected chi connectivity index (χ2v) is 7.94. The van der Waals surface area contributed by atoms with Crippen molar-refractivity contribution in [2.45, 2.75) is 31.7 Å². The van der Waals surface area contributed by atoms with Crippen molar-refractivity contribution < 1.29 is 4.79 Å². The third kappa shape index (κ3) is 2.49. The van der Waals surface area contributed by atoms with Gasteiger partial charge < -0.3 is 14.5 Å². The number of H-pyrrole nitrogens is 1. The van der Waals surface area contributed by atoms with Crippen molar-refractivity contribution in [3.63, 3.8) is 0 Å². The van der Waals surface area contributed by atoms with Gasteiger partial charge in [-0.05, 0) is 37.6 Å². The summed E-state index contributed by atoms with van der Waals surface area (Å²) < 4.78 is 1.97. The van der Waals surface area contributed by atoms with E-state index >= 15 is 0 Å². The molecular weight excluding hydrogens is 352 g/mol. The summed E-state index contributed by atoms with van der Waals surface area (Å²) in [5.41, 5.74) is 5.06. The molecule has 0 bridgehead atoms. The highest BCUT2D eigenvalue weighted by Gasteiger charge is 2.46. The molecule has 0 atom stereocenters. The van der Waals surface area contributed by atoms with E-state index in [1.54, 1.807) is 6.33 Å². The normalized spacial score (nSPS) is 19.3. The molecule has 1 saturated heterocycles. The lowest BCUT2D eigenvalue weighted by atomic mass is 9.78. The van der Waals surface area contributed by atoms with Crippen molar-refractivity contribution in [3.05, 3.63) is 47.8 Å².